The maximum Gasteiger partial charge on any atom is 0.488 e. The quantitative estimate of drug-likeness (QED) is 0.427. The maximum absolute atomic E-state index is 14.0. The summed E-state index contributed by atoms with van der Waals surface area (Å²) in [5, 5.41) is 30.6. The van der Waals surface area contributed by atoms with E-state index >= 15 is 0 Å². The Morgan fingerprint density at radius 2 is 1.79 bits per heavy atom. The number of carbonyl (C=O) groups excluding carboxylic acids is 1. The van der Waals surface area contributed by atoms with Crippen LogP contribution < -0.4 is 10.8 Å². The number of benzene rings is 2. The molecule has 0 aromatic heterocycles. The predicted molar refractivity (Wildman–Crippen MR) is 102 cm³/mol. The van der Waals surface area contributed by atoms with Gasteiger partial charge in [0.1, 0.15) is 18.6 Å². The fraction of sp³-hybridized carbons (Fsp3) is 0.278. The molecule has 0 saturated carbocycles. The minimum atomic E-state index is -3.43. The summed E-state index contributed by atoms with van der Waals surface area (Å²) < 4.78 is 50.3. The maximum atomic E-state index is 14.0. The molecule has 0 fully saturated rings. The zero-order valence-electron chi connectivity index (χ0n) is 15.4. The van der Waals surface area contributed by atoms with E-state index in [1.807, 2.05) is 0 Å². The highest BCUT2D eigenvalue weighted by atomic mass is 32.2. The molecule has 0 radical (unpaired) electrons. The molecule has 0 aliphatic rings. The summed E-state index contributed by atoms with van der Waals surface area (Å²) in [4.78, 5) is 12.2. The average molecular weight is 427 g/mol. The van der Waals surface area contributed by atoms with Crippen LogP contribution in [-0.4, -0.2) is 55.6 Å². The van der Waals surface area contributed by atoms with Gasteiger partial charge in [0.05, 0.1) is 17.4 Å². The number of aliphatic hydroxyl groups is 1. The lowest BCUT2D eigenvalue weighted by molar-refractivity contribution is -0.122. The van der Waals surface area contributed by atoms with Crippen molar-refractivity contribution in [2.45, 2.75) is 23.5 Å². The Labute approximate surface area is 167 Å². The smallest absolute Gasteiger partial charge is 0.423 e. The molecule has 4 N–H and O–H groups in total. The molecule has 0 heterocycles. The molecule has 0 aliphatic carbocycles. The third-order valence-corrected chi connectivity index (χ3v) is 5.40. The molecule has 11 heteroatoms. The molecule has 0 bridgehead atoms. The number of hydrogen-bond acceptors (Lipinski definition) is 6. The van der Waals surface area contributed by atoms with E-state index in [4.69, 9.17) is 10.0 Å². The Balaban J connectivity index is 2.07. The van der Waals surface area contributed by atoms with Gasteiger partial charge < -0.3 is 20.5 Å². The van der Waals surface area contributed by atoms with E-state index < -0.39 is 53.9 Å². The number of sulfone groups is 1. The topological polar surface area (TPSA) is 124 Å². The van der Waals surface area contributed by atoms with Gasteiger partial charge in [0, 0.05) is 6.26 Å². The van der Waals surface area contributed by atoms with E-state index in [2.05, 4.69) is 5.32 Å². The minimum Gasteiger partial charge on any atom is -0.423 e. The van der Waals surface area contributed by atoms with Gasteiger partial charge in [-0.15, -0.1) is 0 Å². The van der Waals surface area contributed by atoms with Gasteiger partial charge in [0.25, 0.3) is 0 Å². The van der Waals surface area contributed by atoms with E-state index in [-0.39, 0.29) is 21.5 Å². The number of rotatable bonds is 8. The second-order valence-corrected chi connectivity index (χ2v) is 8.53. The minimum absolute atomic E-state index is 0.0289. The highest BCUT2D eigenvalue weighted by Crippen LogP contribution is 2.20. The first-order chi connectivity index (χ1) is 13.5. The summed E-state index contributed by atoms with van der Waals surface area (Å²) >= 11 is 0. The Morgan fingerprint density at radius 1 is 1.17 bits per heavy atom. The summed E-state index contributed by atoms with van der Waals surface area (Å²) in [7, 11) is -5.28. The number of nitrogens with one attached hydrogen (secondary N) is 1. The molecule has 2 rings (SSSR count). The van der Waals surface area contributed by atoms with Crippen molar-refractivity contribution in [2.75, 3.05) is 12.9 Å². The standard InChI is InChI=1S/C18H20BF2NO6S/c1-29(27,28)14-6-3-11(4-7-14)18(24)16(10-20)22-17(23)8-12-2-5-13(19(25)26)9-15(12)21/h2-7,9,16,18,24-26H,8,10H2,1H3,(H,22,23)/t16?,18-/m0/s1. The molecule has 2 atom stereocenters. The zero-order chi connectivity index (χ0) is 21.8. The summed E-state index contributed by atoms with van der Waals surface area (Å²) in [5.41, 5.74) is 0.0746. The Hall–Kier alpha value is -2.34. The highest BCUT2D eigenvalue weighted by Gasteiger charge is 2.24. The molecule has 0 aliphatic heterocycles. The lowest BCUT2D eigenvalue weighted by atomic mass is 9.80. The lowest BCUT2D eigenvalue weighted by Crippen LogP contribution is -2.41. The van der Waals surface area contributed by atoms with Crippen LogP contribution in [-0.2, 0) is 21.1 Å². The van der Waals surface area contributed by atoms with Crippen LogP contribution in [0.15, 0.2) is 47.4 Å². The van der Waals surface area contributed by atoms with E-state index in [0.717, 1.165) is 12.3 Å². The van der Waals surface area contributed by atoms with E-state index in [9.17, 15) is 27.1 Å². The number of aliphatic hydroxyl groups excluding tert-OH is 1. The third-order valence-electron chi connectivity index (χ3n) is 4.27. The molecule has 2 aromatic rings. The van der Waals surface area contributed by atoms with Gasteiger partial charge in [-0.1, -0.05) is 24.3 Å². The molecular formula is C18H20BF2NO6S. The molecule has 1 amide bonds. The van der Waals surface area contributed by atoms with Gasteiger partial charge in [-0.25, -0.2) is 17.2 Å². The van der Waals surface area contributed by atoms with Crippen molar-refractivity contribution in [3.8, 4) is 0 Å². The van der Waals surface area contributed by atoms with Crippen LogP contribution in [0.3, 0.4) is 0 Å². The van der Waals surface area contributed by atoms with Crippen LogP contribution in [0.25, 0.3) is 0 Å². The van der Waals surface area contributed by atoms with Crippen LogP contribution >= 0.6 is 0 Å². The average Bonchev–Trinajstić information content (AvgIpc) is 2.66. The number of carbonyl (C=O) groups is 1. The van der Waals surface area contributed by atoms with E-state index in [1.165, 1.54) is 36.4 Å². The fourth-order valence-electron chi connectivity index (χ4n) is 2.64. The number of hydrogen-bond donors (Lipinski definition) is 4. The number of halogens is 2. The van der Waals surface area contributed by atoms with Crippen LogP contribution in [0.2, 0.25) is 0 Å². The summed E-state index contributed by atoms with van der Waals surface area (Å²) in [6, 6.07) is 7.14. The van der Waals surface area contributed by atoms with Crippen molar-refractivity contribution in [1.29, 1.82) is 0 Å². The van der Waals surface area contributed by atoms with Crippen molar-refractivity contribution in [3.63, 3.8) is 0 Å². The summed E-state index contributed by atoms with van der Waals surface area (Å²) in [5.74, 6) is -1.59. The van der Waals surface area contributed by atoms with Crippen molar-refractivity contribution >= 4 is 28.3 Å². The Bertz CT molecular complexity index is 969. The first-order valence-electron chi connectivity index (χ1n) is 8.50. The Kier molecular flexibility index (Phi) is 7.47. The second-order valence-electron chi connectivity index (χ2n) is 6.52. The normalized spacial score (nSPS) is 13.6. The second kappa shape index (κ2) is 9.44. The van der Waals surface area contributed by atoms with Gasteiger partial charge >= 0.3 is 7.12 Å². The first kappa shape index (κ1) is 22.9. The van der Waals surface area contributed by atoms with Gasteiger partial charge in [0.15, 0.2) is 9.84 Å². The molecule has 29 heavy (non-hydrogen) atoms. The van der Waals surface area contributed by atoms with Gasteiger partial charge in [-0.2, -0.15) is 0 Å². The fourth-order valence-corrected chi connectivity index (χ4v) is 3.28. The number of amides is 1. The van der Waals surface area contributed by atoms with Crippen molar-refractivity contribution in [1.82, 2.24) is 5.32 Å². The molecule has 156 valence electrons. The summed E-state index contributed by atoms with van der Waals surface area (Å²) in [6.45, 7) is -1.11. The van der Waals surface area contributed by atoms with Gasteiger partial charge in [-0.3, -0.25) is 4.79 Å². The Morgan fingerprint density at radius 3 is 2.28 bits per heavy atom. The zero-order valence-corrected chi connectivity index (χ0v) is 16.2. The molecule has 0 saturated heterocycles. The first-order valence-corrected chi connectivity index (χ1v) is 10.4. The lowest BCUT2D eigenvalue weighted by Gasteiger charge is -2.22. The number of alkyl halides is 1. The van der Waals surface area contributed by atoms with Crippen LogP contribution in [0.1, 0.15) is 17.2 Å². The molecule has 1 unspecified atom stereocenters. The predicted octanol–water partition coefficient (Wildman–Crippen LogP) is -0.361. The summed E-state index contributed by atoms with van der Waals surface area (Å²) in [6.07, 6.45) is -0.880. The largest absolute Gasteiger partial charge is 0.488 e. The van der Waals surface area contributed by atoms with Crippen LogP contribution in [0, 0.1) is 5.82 Å². The van der Waals surface area contributed by atoms with E-state index in [0.29, 0.717) is 0 Å². The monoisotopic (exact) mass is 427 g/mol. The molecule has 0 spiro atoms. The highest BCUT2D eigenvalue weighted by molar-refractivity contribution is 7.90. The molecular weight excluding hydrogens is 407 g/mol. The molecule has 7 nitrogen and oxygen atoms in total. The van der Waals surface area contributed by atoms with Crippen LogP contribution in [0.5, 0.6) is 0 Å². The molecule has 2 aromatic carbocycles. The van der Waals surface area contributed by atoms with Crippen LogP contribution in [0.4, 0.5) is 8.78 Å². The van der Waals surface area contributed by atoms with Crippen molar-refractivity contribution in [2.24, 2.45) is 0 Å². The third kappa shape index (κ3) is 6.07. The van der Waals surface area contributed by atoms with E-state index in [1.54, 1.807) is 0 Å². The van der Waals surface area contributed by atoms with Crippen molar-refractivity contribution in [3.05, 3.63) is 59.4 Å². The van der Waals surface area contributed by atoms with Gasteiger partial charge in [0.2, 0.25) is 5.91 Å². The van der Waals surface area contributed by atoms with Gasteiger partial charge in [-0.05, 0) is 34.8 Å². The van der Waals surface area contributed by atoms with Crippen molar-refractivity contribution < 1.29 is 37.1 Å². The SMILES string of the molecule is CS(=O)(=O)c1ccc([C@H](O)C(CF)NC(=O)Cc2ccc(B(O)O)cc2F)cc1.